The van der Waals surface area contributed by atoms with Crippen molar-refractivity contribution in [1.29, 1.82) is 0 Å². The molecular formula is C10H13Cl2N3. The summed E-state index contributed by atoms with van der Waals surface area (Å²) in [6.45, 7) is 2.71. The second-order valence-electron chi connectivity index (χ2n) is 2.99. The molecule has 1 aromatic rings. The molecule has 0 aliphatic carbocycles. The van der Waals surface area contributed by atoms with Crippen LogP contribution in [0.5, 0.6) is 0 Å². The number of guanidine groups is 1. The zero-order valence-corrected chi connectivity index (χ0v) is 9.94. The van der Waals surface area contributed by atoms with E-state index in [0.29, 0.717) is 28.2 Å². The predicted molar refractivity (Wildman–Crippen MR) is 66.9 cm³/mol. The average molecular weight is 246 g/mol. The van der Waals surface area contributed by atoms with Gasteiger partial charge in [0.25, 0.3) is 0 Å². The second kappa shape index (κ2) is 5.83. The minimum Gasteiger partial charge on any atom is -0.370 e. The molecule has 0 bridgehead atoms. The number of nitrogens with one attached hydrogen (secondary N) is 1. The van der Waals surface area contributed by atoms with Crippen molar-refractivity contribution >= 4 is 34.8 Å². The third-order valence-corrected chi connectivity index (χ3v) is 2.35. The van der Waals surface area contributed by atoms with Crippen LogP contribution in [0.1, 0.15) is 13.3 Å². The summed E-state index contributed by atoms with van der Waals surface area (Å²) in [6.07, 6.45) is 0.943. The Morgan fingerprint density at radius 3 is 2.53 bits per heavy atom. The molecule has 0 radical (unpaired) electrons. The van der Waals surface area contributed by atoms with Crippen LogP contribution in [0, 0.1) is 0 Å². The van der Waals surface area contributed by atoms with Gasteiger partial charge in [0.2, 0.25) is 0 Å². The molecule has 82 valence electrons. The van der Waals surface area contributed by atoms with Gasteiger partial charge in [0, 0.05) is 6.54 Å². The fraction of sp³-hybridized carbons (Fsp3) is 0.300. The van der Waals surface area contributed by atoms with Crippen LogP contribution in [0.2, 0.25) is 10.0 Å². The first-order valence-electron chi connectivity index (χ1n) is 4.66. The minimum atomic E-state index is 0.326. The lowest BCUT2D eigenvalue weighted by Crippen LogP contribution is -2.23. The van der Waals surface area contributed by atoms with E-state index in [-0.39, 0.29) is 0 Å². The van der Waals surface area contributed by atoms with Crippen molar-refractivity contribution in [2.24, 2.45) is 10.7 Å². The summed E-state index contributed by atoms with van der Waals surface area (Å²) in [7, 11) is 0. The SMILES string of the molecule is CCCN=C(N)Nc1c(Cl)cccc1Cl. The third-order valence-electron chi connectivity index (χ3n) is 1.72. The van der Waals surface area contributed by atoms with Gasteiger partial charge in [-0.1, -0.05) is 36.2 Å². The first-order chi connectivity index (χ1) is 7.15. The summed E-state index contributed by atoms with van der Waals surface area (Å²) in [4.78, 5) is 4.09. The Labute approximate surface area is 99.3 Å². The van der Waals surface area contributed by atoms with E-state index in [1.807, 2.05) is 6.92 Å². The highest BCUT2D eigenvalue weighted by Gasteiger charge is 2.05. The first kappa shape index (κ1) is 12.1. The highest BCUT2D eigenvalue weighted by molar-refractivity contribution is 6.39. The van der Waals surface area contributed by atoms with Gasteiger partial charge in [-0.05, 0) is 18.6 Å². The molecule has 3 N–H and O–H groups in total. The molecule has 1 rings (SSSR count). The van der Waals surface area contributed by atoms with Gasteiger partial charge < -0.3 is 11.1 Å². The van der Waals surface area contributed by atoms with Gasteiger partial charge in [-0.15, -0.1) is 0 Å². The van der Waals surface area contributed by atoms with Crippen LogP contribution in [0.4, 0.5) is 5.69 Å². The maximum absolute atomic E-state index is 5.95. The molecule has 0 fully saturated rings. The molecule has 0 saturated heterocycles. The summed E-state index contributed by atoms with van der Waals surface area (Å²) < 4.78 is 0. The van der Waals surface area contributed by atoms with Crippen LogP contribution in [0.15, 0.2) is 23.2 Å². The van der Waals surface area contributed by atoms with Crippen LogP contribution < -0.4 is 11.1 Å². The number of halogens is 2. The molecule has 3 nitrogen and oxygen atoms in total. The normalized spacial score (nSPS) is 11.5. The van der Waals surface area contributed by atoms with Gasteiger partial charge in [0.15, 0.2) is 5.96 Å². The quantitative estimate of drug-likeness (QED) is 0.635. The second-order valence-corrected chi connectivity index (χ2v) is 3.80. The molecule has 1 aromatic carbocycles. The Morgan fingerprint density at radius 2 is 2.00 bits per heavy atom. The van der Waals surface area contributed by atoms with E-state index in [1.165, 1.54) is 0 Å². The molecule has 5 heteroatoms. The van der Waals surface area contributed by atoms with Gasteiger partial charge >= 0.3 is 0 Å². The highest BCUT2D eigenvalue weighted by atomic mass is 35.5. The van der Waals surface area contributed by atoms with E-state index in [9.17, 15) is 0 Å². The summed E-state index contributed by atoms with van der Waals surface area (Å²) in [5.74, 6) is 0.326. The monoisotopic (exact) mass is 245 g/mol. The predicted octanol–water partition coefficient (Wildman–Crippen LogP) is 3.13. The summed E-state index contributed by atoms with van der Waals surface area (Å²) in [5.41, 5.74) is 6.25. The molecule has 0 saturated carbocycles. The van der Waals surface area contributed by atoms with E-state index >= 15 is 0 Å². The van der Waals surface area contributed by atoms with Crippen molar-refractivity contribution in [2.75, 3.05) is 11.9 Å². The van der Waals surface area contributed by atoms with Crippen molar-refractivity contribution in [1.82, 2.24) is 0 Å². The molecule has 15 heavy (non-hydrogen) atoms. The summed E-state index contributed by atoms with van der Waals surface area (Å²) in [5, 5.41) is 3.93. The van der Waals surface area contributed by atoms with Gasteiger partial charge in [0.05, 0.1) is 15.7 Å². The lowest BCUT2D eigenvalue weighted by atomic mass is 10.3. The van der Waals surface area contributed by atoms with Crippen LogP contribution in [-0.2, 0) is 0 Å². The Balaban J connectivity index is 2.80. The Kier molecular flexibility index (Phi) is 4.72. The lowest BCUT2D eigenvalue weighted by Gasteiger charge is -2.09. The number of hydrogen-bond acceptors (Lipinski definition) is 1. The average Bonchev–Trinajstić information content (AvgIpc) is 2.21. The largest absolute Gasteiger partial charge is 0.370 e. The van der Waals surface area contributed by atoms with Crippen molar-refractivity contribution in [3.63, 3.8) is 0 Å². The zero-order chi connectivity index (χ0) is 11.3. The number of nitrogens with two attached hydrogens (primary N) is 1. The fourth-order valence-corrected chi connectivity index (χ4v) is 1.51. The molecular weight excluding hydrogens is 233 g/mol. The number of aliphatic imine (C=N–C) groups is 1. The Hall–Kier alpha value is -0.930. The molecule has 0 aromatic heterocycles. The molecule has 0 aliphatic heterocycles. The molecule has 0 heterocycles. The molecule has 0 spiro atoms. The molecule has 0 aliphatic rings. The Bertz CT molecular complexity index is 343. The van der Waals surface area contributed by atoms with Crippen LogP contribution in [0.25, 0.3) is 0 Å². The maximum atomic E-state index is 5.95. The molecule has 0 atom stereocenters. The fourth-order valence-electron chi connectivity index (χ4n) is 1.02. The van der Waals surface area contributed by atoms with Crippen molar-refractivity contribution < 1.29 is 0 Å². The van der Waals surface area contributed by atoms with Gasteiger partial charge in [-0.3, -0.25) is 4.99 Å². The smallest absolute Gasteiger partial charge is 0.193 e. The summed E-state index contributed by atoms with van der Waals surface area (Å²) in [6, 6.07) is 5.25. The number of anilines is 1. The zero-order valence-electron chi connectivity index (χ0n) is 8.43. The van der Waals surface area contributed by atoms with Gasteiger partial charge in [-0.25, -0.2) is 0 Å². The lowest BCUT2D eigenvalue weighted by molar-refractivity contribution is 0.929. The Morgan fingerprint density at radius 1 is 1.40 bits per heavy atom. The van der Waals surface area contributed by atoms with Gasteiger partial charge in [-0.2, -0.15) is 0 Å². The van der Waals surface area contributed by atoms with Crippen molar-refractivity contribution in [2.45, 2.75) is 13.3 Å². The maximum Gasteiger partial charge on any atom is 0.193 e. The number of hydrogen-bond donors (Lipinski definition) is 2. The standard InChI is InChI=1S/C10H13Cl2N3/c1-2-6-14-10(13)15-9-7(11)4-3-5-8(9)12/h3-5H,2,6H2,1H3,(H3,13,14,15). The van der Waals surface area contributed by atoms with Gasteiger partial charge in [0.1, 0.15) is 0 Å². The number of benzene rings is 1. The highest BCUT2D eigenvalue weighted by Crippen LogP contribution is 2.29. The van der Waals surface area contributed by atoms with E-state index in [2.05, 4.69) is 10.3 Å². The van der Waals surface area contributed by atoms with Crippen LogP contribution in [0.3, 0.4) is 0 Å². The minimum absolute atomic E-state index is 0.326. The first-order valence-corrected chi connectivity index (χ1v) is 5.41. The number of rotatable bonds is 3. The van der Waals surface area contributed by atoms with Crippen LogP contribution in [-0.4, -0.2) is 12.5 Å². The van der Waals surface area contributed by atoms with E-state index in [4.69, 9.17) is 28.9 Å². The third kappa shape index (κ3) is 3.61. The van der Waals surface area contributed by atoms with E-state index in [1.54, 1.807) is 18.2 Å². The number of para-hydroxylation sites is 1. The molecule has 0 unspecified atom stereocenters. The van der Waals surface area contributed by atoms with Crippen molar-refractivity contribution in [3.05, 3.63) is 28.2 Å². The van der Waals surface area contributed by atoms with Crippen LogP contribution >= 0.6 is 23.2 Å². The van der Waals surface area contributed by atoms with E-state index < -0.39 is 0 Å². The van der Waals surface area contributed by atoms with Crippen molar-refractivity contribution in [3.8, 4) is 0 Å². The topological polar surface area (TPSA) is 50.4 Å². The molecule has 0 amide bonds. The van der Waals surface area contributed by atoms with E-state index in [0.717, 1.165) is 6.42 Å². The number of nitrogens with zero attached hydrogens (tertiary/aromatic N) is 1. The summed E-state index contributed by atoms with van der Waals surface area (Å²) >= 11 is 11.9.